The van der Waals surface area contributed by atoms with E-state index in [1.165, 1.54) is 12.1 Å². The van der Waals surface area contributed by atoms with Gasteiger partial charge in [-0.15, -0.1) is 0 Å². The van der Waals surface area contributed by atoms with Crippen molar-refractivity contribution in [3.05, 3.63) is 54.3 Å². The lowest BCUT2D eigenvalue weighted by Crippen LogP contribution is -2.44. The first kappa shape index (κ1) is 32.0. The molecule has 7 heterocycles. The van der Waals surface area contributed by atoms with Crippen molar-refractivity contribution >= 4 is 55.6 Å². The molecule has 0 saturated carbocycles. The minimum absolute atomic E-state index is 0.188. The van der Waals surface area contributed by atoms with E-state index in [0.29, 0.717) is 60.8 Å². The molecule has 14 heteroatoms. The molecule has 264 valence electrons. The summed E-state index contributed by atoms with van der Waals surface area (Å²) in [7, 11) is 3.80. The maximum absolute atomic E-state index is 15.4. The van der Waals surface area contributed by atoms with E-state index in [2.05, 4.69) is 21.7 Å². The Hall–Kier alpha value is -4.92. The van der Waals surface area contributed by atoms with Gasteiger partial charge in [-0.1, -0.05) is 18.7 Å². The number of rotatable bonds is 6. The molecule has 3 aliphatic rings. The summed E-state index contributed by atoms with van der Waals surface area (Å²) in [5, 5.41) is 26.8. The summed E-state index contributed by atoms with van der Waals surface area (Å²) in [4.78, 5) is 14.4. The Morgan fingerprint density at radius 1 is 1.18 bits per heavy atom. The van der Waals surface area contributed by atoms with Crippen LogP contribution in [0.1, 0.15) is 31.7 Å². The number of nitrogens with one attached hydrogen (secondary N) is 1. The van der Waals surface area contributed by atoms with Crippen molar-refractivity contribution < 1.29 is 23.4 Å². The number of aromatic nitrogens is 7. The quantitative estimate of drug-likeness (QED) is 0.236. The highest BCUT2D eigenvalue weighted by atomic mass is 19.1. The molecule has 3 fully saturated rings. The topological polar surface area (TPSA) is 122 Å². The number of anilines is 1. The average Bonchev–Trinajstić information content (AvgIpc) is 3.91. The molecule has 3 aliphatic heterocycles. The van der Waals surface area contributed by atoms with Gasteiger partial charge in [0.1, 0.15) is 29.5 Å². The van der Waals surface area contributed by atoms with Crippen LogP contribution in [0.4, 0.5) is 14.6 Å². The summed E-state index contributed by atoms with van der Waals surface area (Å²) in [6.07, 6.45) is 6.53. The maximum Gasteiger partial charge on any atom is 0.320 e. The van der Waals surface area contributed by atoms with E-state index in [-0.39, 0.29) is 30.5 Å². The van der Waals surface area contributed by atoms with Crippen LogP contribution in [0.25, 0.3) is 61.1 Å². The first-order valence-corrected chi connectivity index (χ1v) is 17.3. The zero-order chi connectivity index (χ0) is 35.2. The number of fused-ring (bicyclic) bond motifs is 6. The highest BCUT2D eigenvalue weighted by molar-refractivity contribution is 6.20. The van der Waals surface area contributed by atoms with Crippen molar-refractivity contribution in [2.45, 2.75) is 37.3 Å². The normalized spacial score (nSPS) is 23.7. The number of benzene rings is 2. The van der Waals surface area contributed by atoms with Crippen LogP contribution in [0.15, 0.2) is 42.9 Å². The second kappa shape index (κ2) is 11.6. The number of halogens is 2. The fraction of sp³-hybridized carbons (Fsp3) is 0.405. The van der Waals surface area contributed by atoms with E-state index >= 15 is 4.39 Å². The SMILES string of the molecule is C=Cc1c(F)ccc2cc3[nH]ncc3c(-c3nn(C)c4c5c(N6CCOC[C@@](C)(O)C6)nc(OC[C@@]67CCCN6C/C(=C\F)C7)nc5n(C)c34)c12. The molecule has 3 saturated heterocycles. The molecule has 0 amide bonds. The Morgan fingerprint density at radius 3 is 2.86 bits per heavy atom. The number of ether oxygens (including phenoxy) is 2. The summed E-state index contributed by atoms with van der Waals surface area (Å²) in [5.74, 6) is 0.203. The third kappa shape index (κ3) is 4.87. The zero-order valence-corrected chi connectivity index (χ0v) is 28.8. The van der Waals surface area contributed by atoms with E-state index in [0.717, 1.165) is 69.6 Å². The molecule has 9 rings (SSSR count). The van der Waals surface area contributed by atoms with E-state index in [1.807, 2.05) is 34.3 Å². The van der Waals surface area contributed by atoms with Gasteiger partial charge < -0.3 is 24.0 Å². The first-order chi connectivity index (χ1) is 24.6. The van der Waals surface area contributed by atoms with Crippen LogP contribution in [0.2, 0.25) is 0 Å². The predicted octanol–water partition coefficient (Wildman–Crippen LogP) is 5.39. The molecule has 4 aromatic heterocycles. The van der Waals surface area contributed by atoms with E-state index < -0.39 is 5.60 Å². The van der Waals surface area contributed by atoms with Crippen molar-refractivity contribution in [3.8, 4) is 17.3 Å². The number of aryl methyl sites for hydroxylation is 2. The Morgan fingerprint density at radius 2 is 2.04 bits per heavy atom. The van der Waals surface area contributed by atoms with Gasteiger partial charge in [-0.05, 0) is 55.8 Å². The number of aliphatic hydroxyl groups is 1. The van der Waals surface area contributed by atoms with Crippen molar-refractivity contribution in [2.75, 3.05) is 50.9 Å². The molecule has 0 unspecified atom stereocenters. The van der Waals surface area contributed by atoms with Crippen molar-refractivity contribution in [3.63, 3.8) is 0 Å². The van der Waals surface area contributed by atoms with Gasteiger partial charge in [0, 0.05) is 49.1 Å². The van der Waals surface area contributed by atoms with Gasteiger partial charge in [-0.2, -0.15) is 20.2 Å². The number of β-amino-alcohol motifs (C(OH)–C–C–N with tert-alkyl or cyclic N) is 1. The van der Waals surface area contributed by atoms with Crippen LogP contribution in [-0.4, -0.2) is 102 Å². The zero-order valence-electron chi connectivity index (χ0n) is 28.8. The Balaban J connectivity index is 1.28. The van der Waals surface area contributed by atoms with Gasteiger partial charge in [-0.3, -0.25) is 14.7 Å². The van der Waals surface area contributed by atoms with Crippen LogP contribution in [-0.2, 0) is 18.8 Å². The monoisotopic (exact) mass is 695 g/mol. The molecule has 0 aliphatic carbocycles. The third-order valence-corrected chi connectivity index (χ3v) is 11.0. The molecule has 12 nitrogen and oxygen atoms in total. The predicted molar refractivity (Wildman–Crippen MR) is 192 cm³/mol. The van der Waals surface area contributed by atoms with E-state index in [4.69, 9.17) is 24.5 Å². The molecular weight excluding hydrogens is 656 g/mol. The molecule has 0 radical (unpaired) electrons. The van der Waals surface area contributed by atoms with Crippen molar-refractivity contribution in [1.29, 1.82) is 0 Å². The van der Waals surface area contributed by atoms with Gasteiger partial charge in [-0.25, -0.2) is 8.78 Å². The summed E-state index contributed by atoms with van der Waals surface area (Å²) >= 11 is 0. The Labute approximate surface area is 291 Å². The van der Waals surface area contributed by atoms with Gasteiger partial charge in [0.2, 0.25) is 0 Å². The largest absolute Gasteiger partial charge is 0.461 e. The van der Waals surface area contributed by atoms with Gasteiger partial charge in [0.25, 0.3) is 0 Å². The van der Waals surface area contributed by atoms with Gasteiger partial charge >= 0.3 is 6.01 Å². The fourth-order valence-electron chi connectivity index (χ4n) is 8.74. The molecule has 0 bridgehead atoms. The van der Waals surface area contributed by atoms with Crippen LogP contribution in [0.3, 0.4) is 0 Å². The Bertz CT molecular complexity index is 2430. The highest BCUT2D eigenvalue weighted by Crippen LogP contribution is 2.45. The van der Waals surface area contributed by atoms with Crippen LogP contribution >= 0.6 is 0 Å². The first-order valence-electron chi connectivity index (χ1n) is 17.3. The molecule has 2 N–H and O–H groups in total. The lowest BCUT2D eigenvalue weighted by Gasteiger charge is -2.31. The number of hydrogen-bond acceptors (Lipinski definition) is 9. The molecular formula is C37H39F2N9O3. The summed E-state index contributed by atoms with van der Waals surface area (Å²) in [6, 6.07) is 5.35. The molecule has 0 spiro atoms. The number of H-pyrrole nitrogens is 1. The highest BCUT2D eigenvalue weighted by Gasteiger charge is 2.47. The lowest BCUT2D eigenvalue weighted by atomic mass is 9.93. The minimum Gasteiger partial charge on any atom is -0.461 e. The molecule has 2 atom stereocenters. The van der Waals surface area contributed by atoms with Crippen LogP contribution in [0.5, 0.6) is 6.01 Å². The second-order valence-corrected chi connectivity index (χ2v) is 14.6. The number of nitrogens with zero attached hydrogens (tertiary/aromatic N) is 8. The second-order valence-electron chi connectivity index (χ2n) is 14.6. The molecule has 2 aromatic carbocycles. The van der Waals surface area contributed by atoms with Crippen molar-refractivity contribution in [1.82, 2.24) is 39.4 Å². The lowest BCUT2D eigenvalue weighted by molar-refractivity contribution is -0.0123. The minimum atomic E-state index is -1.14. The van der Waals surface area contributed by atoms with E-state index in [1.54, 1.807) is 19.2 Å². The van der Waals surface area contributed by atoms with Crippen molar-refractivity contribution in [2.24, 2.45) is 14.1 Å². The fourth-order valence-corrected chi connectivity index (χ4v) is 8.74. The van der Waals surface area contributed by atoms with Gasteiger partial charge in [0.15, 0.2) is 5.65 Å². The average molecular weight is 696 g/mol. The molecule has 6 aromatic rings. The standard InChI is InChI=1S/C37H39F2N9O3/c1-5-23-25(39)8-7-22-13-26-24(16-40-43-26)28(27(22)23)30-32-31(46(4)44-30)29-33(45(32)3)41-35(42-34(29)47-11-12-50-19-36(2,49)18-47)51-20-37-9-6-10-48(37)17-21(14-37)15-38/h5,7-8,13,15-16,49H,1,6,9-12,14,17-20H2,2-4H3,(H,40,43)/b21-15-/t36-,37-/m0/s1. The number of hydrogen-bond donors (Lipinski definition) is 2. The van der Waals surface area contributed by atoms with Crippen LogP contribution < -0.4 is 9.64 Å². The Kier molecular flexibility index (Phi) is 7.25. The maximum atomic E-state index is 15.4. The third-order valence-electron chi connectivity index (χ3n) is 11.0. The summed E-state index contributed by atoms with van der Waals surface area (Å²) < 4.78 is 45.1. The van der Waals surface area contributed by atoms with E-state index in [9.17, 15) is 9.50 Å². The molecule has 51 heavy (non-hydrogen) atoms. The van der Waals surface area contributed by atoms with Gasteiger partial charge in [0.05, 0.1) is 59.8 Å². The summed E-state index contributed by atoms with van der Waals surface area (Å²) in [5.41, 5.74) is 3.98. The summed E-state index contributed by atoms with van der Waals surface area (Å²) in [6.45, 7) is 8.83. The van der Waals surface area contributed by atoms with Crippen LogP contribution in [0, 0.1) is 5.82 Å². The number of aromatic amines is 1. The smallest absolute Gasteiger partial charge is 0.320 e.